The Bertz CT molecular complexity index is 580. The van der Waals surface area contributed by atoms with Crippen molar-refractivity contribution in [3.63, 3.8) is 0 Å². The van der Waals surface area contributed by atoms with Crippen molar-refractivity contribution in [3.05, 3.63) is 35.1 Å². The lowest BCUT2D eigenvalue weighted by Crippen LogP contribution is -2.37. The van der Waals surface area contributed by atoms with Crippen LogP contribution >= 0.6 is 11.8 Å². The Balaban J connectivity index is 1.63. The van der Waals surface area contributed by atoms with E-state index in [0.29, 0.717) is 12.5 Å². The minimum atomic E-state index is -0.189. The fourth-order valence-corrected chi connectivity index (χ4v) is 3.58. The van der Waals surface area contributed by atoms with Crippen LogP contribution in [0.15, 0.2) is 23.2 Å². The maximum atomic E-state index is 13.4. The van der Waals surface area contributed by atoms with E-state index in [4.69, 9.17) is 9.47 Å². The van der Waals surface area contributed by atoms with Crippen LogP contribution in [0.2, 0.25) is 0 Å². The van der Waals surface area contributed by atoms with Gasteiger partial charge < -0.3 is 20.1 Å². The molecule has 0 bridgehead atoms. The summed E-state index contributed by atoms with van der Waals surface area (Å²) < 4.78 is 24.6. The van der Waals surface area contributed by atoms with Gasteiger partial charge in [-0.15, -0.1) is 0 Å². The molecule has 1 fully saturated rings. The van der Waals surface area contributed by atoms with Crippen molar-refractivity contribution in [2.45, 2.75) is 31.6 Å². The lowest BCUT2D eigenvalue weighted by atomic mass is 10.0. The molecule has 152 valence electrons. The van der Waals surface area contributed by atoms with E-state index in [2.05, 4.69) is 15.6 Å². The van der Waals surface area contributed by atoms with Gasteiger partial charge in [0, 0.05) is 52.3 Å². The summed E-state index contributed by atoms with van der Waals surface area (Å²) in [6.45, 7) is 4.73. The van der Waals surface area contributed by atoms with Crippen molar-refractivity contribution >= 4 is 17.7 Å². The Morgan fingerprint density at radius 3 is 2.85 bits per heavy atom. The van der Waals surface area contributed by atoms with Crippen LogP contribution in [0.4, 0.5) is 4.39 Å². The first-order valence-corrected chi connectivity index (χ1v) is 11.0. The average Bonchev–Trinajstić information content (AvgIpc) is 2.69. The van der Waals surface area contributed by atoms with E-state index in [1.807, 2.05) is 12.3 Å². The molecule has 1 heterocycles. The number of rotatable bonds is 10. The van der Waals surface area contributed by atoms with Crippen LogP contribution in [0, 0.1) is 11.7 Å². The quantitative estimate of drug-likeness (QED) is 0.361. The Morgan fingerprint density at radius 2 is 2.11 bits per heavy atom. The molecule has 1 aliphatic rings. The van der Waals surface area contributed by atoms with Gasteiger partial charge in [-0.25, -0.2) is 4.39 Å². The molecule has 2 N–H and O–H groups in total. The molecule has 0 amide bonds. The molecule has 0 saturated carbocycles. The highest BCUT2D eigenvalue weighted by Crippen LogP contribution is 2.17. The van der Waals surface area contributed by atoms with Crippen LogP contribution in [0.1, 0.15) is 30.4 Å². The van der Waals surface area contributed by atoms with E-state index in [1.54, 1.807) is 24.9 Å². The van der Waals surface area contributed by atoms with E-state index < -0.39 is 0 Å². The van der Waals surface area contributed by atoms with E-state index in [9.17, 15) is 4.39 Å². The predicted octanol–water partition coefficient (Wildman–Crippen LogP) is 3.19. The van der Waals surface area contributed by atoms with Gasteiger partial charge in [0.25, 0.3) is 0 Å². The lowest BCUT2D eigenvalue weighted by molar-refractivity contribution is 0.0203. The molecule has 1 aliphatic heterocycles. The van der Waals surface area contributed by atoms with Crippen molar-refractivity contribution in [2.24, 2.45) is 10.9 Å². The summed E-state index contributed by atoms with van der Waals surface area (Å²) in [5.74, 6) is 2.00. The van der Waals surface area contributed by atoms with E-state index >= 15 is 0 Å². The number of nitrogens with zero attached hydrogens (tertiary/aromatic N) is 1. The highest BCUT2D eigenvalue weighted by molar-refractivity contribution is 7.97. The molecule has 1 aromatic rings. The first-order chi connectivity index (χ1) is 13.2. The summed E-state index contributed by atoms with van der Waals surface area (Å²) in [4.78, 5) is 4.25. The minimum absolute atomic E-state index is 0.189. The number of guanidine groups is 1. The summed E-state index contributed by atoms with van der Waals surface area (Å²) in [5.41, 5.74) is 2.11. The summed E-state index contributed by atoms with van der Waals surface area (Å²) in [6, 6.07) is 4.96. The smallest absolute Gasteiger partial charge is 0.191 e. The van der Waals surface area contributed by atoms with Crippen molar-refractivity contribution in [2.75, 3.05) is 46.3 Å². The molecular weight excluding hydrogens is 365 g/mol. The van der Waals surface area contributed by atoms with Gasteiger partial charge in [-0.05, 0) is 54.7 Å². The molecule has 1 aromatic carbocycles. The van der Waals surface area contributed by atoms with Crippen molar-refractivity contribution in [3.8, 4) is 0 Å². The second kappa shape index (κ2) is 13.0. The van der Waals surface area contributed by atoms with E-state index in [1.165, 1.54) is 6.07 Å². The number of thioether (sulfide) groups is 1. The van der Waals surface area contributed by atoms with Gasteiger partial charge in [-0.3, -0.25) is 4.99 Å². The largest absolute Gasteiger partial charge is 0.381 e. The van der Waals surface area contributed by atoms with Gasteiger partial charge >= 0.3 is 0 Å². The highest BCUT2D eigenvalue weighted by Gasteiger charge is 2.13. The molecular formula is C20H32FN3O2S. The van der Waals surface area contributed by atoms with E-state index in [-0.39, 0.29) is 5.82 Å². The maximum absolute atomic E-state index is 13.4. The fraction of sp³-hybridized carbons (Fsp3) is 0.650. The van der Waals surface area contributed by atoms with Crippen molar-refractivity contribution < 1.29 is 13.9 Å². The third-order valence-electron chi connectivity index (χ3n) is 4.59. The normalized spacial score (nSPS) is 15.7. The monoisotopic (exact) mass is 397 g/mol. The third kappa shape index (κ3) is 8.49. The van der Waals surface area contributed by atoms with Crippen LogP contribution in [0.25, 0.3) is 0 Å². The first-order valence-electron chi connectivity index (χ1n) is 9.59. The summed E-state index contributed by atoms with van der Waals surface area (Å²) in [5, 5.41) is 6.60. The SMILES string of the molecule is CN=C(NCCCOCC1CCOCC1)NCc1ccc(F)cc1CSC. The number of aliphatic imine (C=N–C) groups is 1. The standard InChI is InChI=1S/C20H32FN3O2S/c1-22-20(23-8-3-9-26-14-16-6-10-25-11-7-16)24-13-17-4-5-19(21)12-18(17)15-27-2/h4-5,12,16H,3,6-11,13-15H2,1-2H3,(H2,22,23,24). The molecule has 0 spiro atoms. The zero-order valence-corrected chi connectivity index (χ0v) is 17.2. The molecule has 5 nitrogen and oxygen atoms in total. The topological polar surface area (TPSA) is 54.9 Å². The predicted molar refractivity (Wildman–Crippen MR) is 111 cm³/mol. The Hall–Kier alpha value is -1.31. The minimum Gasteiger partial charge on any atom is -0.381 e. The Morgan fingerprint density at radius 1 is 1.30 bits per heavy atom. The van der Waals surface area contributed by atoms with Crippen LogP contribution < -0.4 is 10.6 Å². The third-order valence-corrected chi connectivity index (χ3v) is 5.19. The highest BCUT2D eigenvalue weighted by atomic mass is 32.2. The number of nitrogens with one attached hydrogen (secondary N) is 2. The van der Waals surface area contributed by atoms with Gasteiger partial charge in [0.2, 0.25) is 0 Å². The number of hydrogen-bond acceptors (Lipinski definition) is 4. The zero-order valence-electron chi connectivity index (χ0n) is 16.4. The van der Waals surface area contributed by atoms with Crippen molar-refractivity contribution in [1.82, 2.24) is 10.6 Å². The van der Waals surface area contributed by atoms with Gasteiger partial charge in [0.15, 0.2) is 5.96 Å². The number of halogens is 1. The summed E-state index contributed by atoms with van der Waals surface area (Å²) in [6.07, 6.45) is 5.17. The molecule has 7 heteroatoms. The fourth-order valence-electron chi connectivity index (χ4n) is 3.00. The van der Waals surface area contributed by atoms with Gasteiger partial charge in [-0.1, -0.05) is 6.07 Å². The van der Waals surface area contributed by atoms with Gasteiger partial charge in [0.05, 0.1) is 0 Å². The van der Waals surface area contributed by atoms with Gasteiger partial charge in [-0.2, -0.15) is 11.8 Å². The van der Waals surface area contributed by atoms with Gasteiger partial charge in [0.1, 0.15) is 5.82 Å². The van der Waals surface area contributed by atoms with Crippen LogP contribution in [-0.4, -0.2) is 52.2 Å². The Kier molecular flexibility index (Phi) is 10.6. The lowest BCUT2D eigenvalue weighted by Gasteiger charge is -2.21. The van der Waals surface area contributed by atoms with Crippen LogP contribution in [-0.2, 0) is 21.8 Å². The van der Waals surface area contributed by atoms with Crippen LogP contribution in [0.5, 0.6) is 0 Å². The molecule has 0 aromatic heterocycles. The molecule has 2 rings (SSSR count). The molecule has 1 saturated heterocycles. The zero-order chi connectivity index (χ0) is 19.3. The number of benzene rings is 1. The van der Waals surface area contributed by atoms with Crippen LogP contribution in [0.3, 0.4) is 0 Å². The number of ether oxygens (including phenoxy) is 2. The second-order valence-corrected chi connectivity index (χ2v) is 7.55. The molecule has 0 unspecified atom stereocenters. The molecule has 27 heavy (non-hydrogen) atoms. The number of hydrogen-bond donors (Lipinski definition) is 2. The maximum Gasteiger partial charge on any atom is 0.191 e. The molecule has 0 atom stereocenters. The average molecular weight is 398 g/mol. The second-order valence-electron chi connectivity index (χ2n) is 6.68. The molecule has 0 radical (unpaired) electrons. The van der Waals surface area contributed by atoms with Crippen molar-refractivity contribution in [1.29, 1.82) is 0 Å². The van der Waals surface area contributed by atoms with E-state index in [0.717, 1.165) is 75.1 Å². The first kappa shape index (κ1) is 22.0. The summed E-state index contributed by atoms with van der Waals surface area (Å²) >= 11 is 1.69. The summed E-state index contributed by atoms with van der Waals surface area (Å²) in [7, 11) is 1.75. The molecule has 0 aliphatic carbocycles. The Labute approximate surface area is 166 Å².